The summed E-state index contributed by atoms with van der Waals surface area (Å²) in [6.07, 6.45) is 0. The van der Waals surface area contributed by atoms with E-state index in [0.29, 0.717) is 27.2 Å². The molecule has 3 aromatic carbocycles. The molecule has 5 rings (SSSR count). The molecule has 0 spiro atoms. The summed E-state index contributed by atoms with van der Waals surface area (Å²) in [4.78, 5) is 18.9. The van der Waals surface area contributed by atoms with Crippen LogP contribution < -0.4 is 5.56 Å². The van der Waals surface area contributed by atoms with Crippen molar-refractivity contribution in [3.05, 3.63) is 100 Å². The van der Waals surface area contributed by atoms with Gasteiger partial charge in [-0.2, -0.15) is 4.68 Å². The predicted octanol–water partition coefficient (Wildman–Crippen LogP) is 4.91. The van der Waals surface area contributed by atoms with E-state index < -0.39 is 0 Å². The van der Waals surface area contributed by atoms with Crippen molar-refractivity contribution < 1.29 is 4.39 Å². The van der Waals surface area contributed by atoms with E-state index in [2.05, 4.69) is 10.3 Å². The third-order valence-electron chi connectivity index (χ3n) is 4.55. The van der Waals surface area contributed by atoms with Crippen LogP contribution in [0.4, 0.5) is 4.39 Å². The zero-order valence-corrected chi connectivity index (χ0v) is 17.4. The van der Waals surface area contributed by atoms with Crippen LogP contribution in [0.25, 0.3) is 22.5 Å². The van der Waals surface area contributed by atoms with Crippen molar-refractivity contribution in [2.75, 3.05) is 0 Å². The molecule has 0 saturated carbocycles. The average Bonchev–Trinajstić information content (AvgIpc) is 3.21. The minimum Gasteiger partial charge on any atom is -0.266 e. The van der Waals surface area contributed by atoms with E-state index >= 15 is 0 Å². The number of hydrogen-bond acceptors (Lipinski definition) is 5. The van der Waals surface area contributed by atoms with Crippen LogP contribution >= 0.6 is 23.4 Å². The molecule has 0 aliphatic carbocycles. The lowest BCUT2D eigenvalue weighted by Crippen LogP contribution is -2.22. The van der Waals surface area contributed by atoms with Crippen molar-refractivity contribution in [3.8, 4) is 11.4 Å². The molecule has 0 radical (unpaired) electrons. The molecule has 0 atom stereocenters. The maximum absolute atomic E-state index is 13.4. The Morgan fingerprint density at radius 3 is 2.29 bits per heavy atom. The summed E-state index contributed by atoms with van der Waals surface area (Å²) in [5.41, 5.74) is 1.44. The molecule has 9 heteroatoms. The fourth-order valence-corrected chi connectivity index (χ4v) is 4.11. The molecule has 6 nitrogen and oxygen atoms in total. The second-order valence-electron chi connectivity index (χ2n) is 6.58. The van der Waals surface area contributed by atoms with E-state index in [1.807, 2.05) is 30.3 Å². The fraction of sp³-hybridized carbons (Fsp3) is 0. The highest BCUT2D eigenvalue weighted by atomic mass is 35.5. The highest BCUT2D eigenvalue weighted by Gasteiger charge is 2.19. The first-order valence-electron chi connectivity index (χ1n) is 9.23. The normalized spacial score (nSPS) is 11.2. The van der Waals surface area contributed by atoms with E-state index in [9.17, 15) is 9.18 Å². The van der Waals surface area contributed by atoms with Gasteiger partial charge < -0.3 is 0 Å². The third kappa shape index (κ3) is 3.71. The number of aromatic nitrogens is 5. The van der Waals surface area contributed by atoms with Gasteiger partial charge in [-0.1, -0.05) is 46.8 Å². The smallest absolute Gasteiger partial charge is 0.266 e. The van der Waals surface area contributed by atoms with Gasteiger partial charge in [-0.05, 0) is 60.7 Å². The molecule has 0 aliphatic rings. The average molecular weight is 450 g/mol. The minimum atomic E-state index is -0.346. The summed E-state index contributed by atoms with van der Waals surface area (Å²) >= 11 is 7.24. The Balaban J connectivity index is 1.74. The number of para-hydroxylation sites is 1. The fourth-order valence-electron chi connectivity index (χ4n) is 3.09. The number of nitrogens with zero attached hydrogens (tertiary/aromatic N) is 5. The zero-order valence-electron chi connectivity index (χ0n) is 15.8. The van der Waals surface area contributed by atoms with Gasteiger partial charge in [0.05, 0.1) is 11.4 Å². The second kappa shape index (κ2) is 7.98. The quantitative estimate of drug-likeness (QED) is 0.365. The van der Waals surface area contributed by atoms with Crippen molar-refractivity contribution >= 4 is 34.5 Å². The molecule has 0 fully saturated rings. The van der Waals surface area contributed by atoms with Crippen LogP contribution in [0.15, 0.2) is 93.7 Å². The van der Waals surface area contributed by atoms with E-state index in [4.69, 9.17) is 16.6 Å². The van der Waals surface area contributed by atoms with Gasteiger partial charge in [0.1, 0.15) is 5.82 Å². The van der Waals surface area contributed by atoms with Crippen LogP contribution in [-0.2, 0) is 0 Å². The molecule has 0 bridgehead atoms. The molecule has 152 valence electrons. The van der Waals surface area contributed by atoms with Crippen LogP contribution in [0.5, 0.6) is 0 Å². The van der Waals surface area contributed by atoms with Crippen molar-refractivity contribution in [2.45, 2.75) is 10.1 Å². The topological polar surface area (TPSA) is 65.6 Å². The summed E-state index contributed by atoms with van der Waals surface area (Å²) in [5, 5.41) is 9.22. The third-order valence-corrected chi connectivity index (χ3v) is 5.77. The molecule has 0 amide bonds. The number of fused-ring (bicyclic) bond motifs is 1. The molecule has 5 aromatic rings. The predicted molar refractivity (Wildman–Crippen MR) is 118 cm³/mol. The van der Waals surface area contributed by atoms with Crippen LogP contribution in [0.2, 0.25) is 5.02 Å². The number of rotatable bonds is 4. The molecular weight excluding hydrogens is 437 g/mol. The summed E-state index contributed by atoms with van der Waals surface area (Å²) in [6, 6.07) is 22.2. The Bertz CT molecular complexity index is 1430. The molecule has 0 N–H and O–H groups in total. The highest BCUT2D eigenvalue weighted by Crippen LogP contribution is 2.28. The van der Waals surface area contributed by atoms with Crippen molar-refractivity contribution in [2.24, 2.45) is 0 Å². The zero-order chi connectivity index (χ0) is 21.4. The molecular formula is C22H13ClFN5OS. The highest BCUT2D eigenvalue weighted by molar-refractivity contribution is 7.99. The van der Waals surface area contributed by atoms with E-state index in [-0.39, 0.29) is 16.9 Å². The van der Waals surface area contributed by atoms with Gasteiger partial charge in [0.15, 0.2) is 16.3 Å². The van der Waals surface area contributed by atoms with Gasteiger partial charge in [0, 0.05) is 9.92 Å². The Morgan fingerprint density at radius 1 is 0.871 bits per heavy atom. The molecule has 0 aliphatic heterocycles. The first-order valence-corrected chi connectivity index (χ1v) is 10.4. The van der Waals surface area contributed by atoms with Gasteiger partial charge in [-0.15, -0.1) is 5.10 Å². The Kier molecular flexibility index (Phi) is 5.01. The number of halogens is 2. The molecule has 0 saturated heterocycles. The van der Waals surface area contributed by atoms with Crippen molar-refractivity contribution in [1.29, 1.82) is 0 Å². The summed E-state index contributed by atoms with van der Waals surface area (Å²) in [7, 11) is 0. The molecule has 31 heavy (non-hydrogen) atoms. The minimum absolute atomic E-state index is 0.141. The summed E-state index contributed by atoms with van der Waals surface area (Å²) < 4.78 is 16.3. The largest absolute Gasteiger partial charge is 0.288 e. The van der Waals surface area contributed by atoms with Crippen LogP contribution in [0, 0.1) is 5.82 Å². The van der Waals surface area contributed by atoms with Gasteiger partial charge in [-0.25, -0.2) is 9.37 Å². The van der Waals surface area contributed by atoms with Gasteiger partial charge >= 0.3 is 0 Å². The lowest BCUT2D eigenvalue weighted by Gasteiger charge is -2.12. The van der Waals surface area contributed by atoms with Crippen molar-refractivity contribution in [3.63, 3.8) is 0 Å². The number of benzene rings is 3. The molecule has 2 aromatic heterocycles. The second-order valence-corrected chi connectivity index (χ2v) is 8.05. The maximum Gasteiger partial charge on any atom is 0.288 e. The van der Waals surface area contributed by atoms with Crippen LogP contribution in [-0.4, -0.2) is 24.5 Å². The van der Waals surface area contributed by atoms with Gasteiger partial charge in [0.25, 0.3) is 5.56 Å². The lowest BCUT2D eigenvalue weighted by molar-refractivity contribution is 0.626. The van der Waals surface area contributed by atoms with E-state index in [0.717, 1.165) is 4.90 Å². The molecule has 0 unspecified atom stereocenters. The van der Waals surface area contributed by atoms with E-state index in [1.54, 1.807) is 36.4 Å². The Hall–Kier alpha value is -3.49. The summed E-state index contributed by atoms with van der Waals surface area (Å²) in [6.45, 7) is 0. The van der Waals surface area contributed by atoms with Crippen LogP contribution in [0.1, 0.15) is 0 Å². The first-order chi connectivity index (χ1) is 15.1. The number of hydrogen-bond donors (Lipinski definition) is 0. The van der Waals surface area contributed by atoms with Crippen LogP contribution in [0.3, 0.4) is 0 Å². The SMILES string of the molecule is O=c1c2nnn(-c3ccc(Cl)cc3)c2nc(Sc2ccc(F)cc2)n1-c1ccccc1. The molecule has 2 heterocycles. The maximum atomic E-state index is 13.4. The summed E-state index contributed by atoms with van der Waals surface area (Å²) in [5.74, 6) is -0.335. The Labute approximate surface area is 184 Å². The monoisotopic (exact) mass is 449 g/mol. The lowest BCUT2D eigenvalue weighted by atomic mass is 10.3. The first kappa shape index (κ1) is 19.5. The standard InChI is InChI=1S/C22H13ClFN5OS/c23-14-6-10-17(11-7-14)29-20-19(26-27-29)21(30)28(16-4-2-1-3-5-16)22(25-20)31-18-12-8-15(24)9-13-18/h1-13H. The van der Waals surface area contributed by atoms with E-state index in [1.165, 1.54) is 33.1 Å². The van der Waals surface area contributed by atoms with Gasteiger partial charge in [0.2, 0.25) is 0 Å². The Morgan fingerprint density at radius 2 is 1.58 bits per heavy atom. The van der Waals surface area contributed by atoms with Crippen molar-refractivity contribution in [1.82, 2.24) is 24.5 Å². The van der Waals surface area contributed by atoms with Gasteiger partial charge in [-0.3, -0.25) is 9.36 Å².